The lowest BCUT2D eigenvalue weighted by atomic mass is 10.1. The highest BCUT2D eigenvalue weighted by Crippen LogP contribution is 2.17. The molecule has 0 spiro atoms. The number of anilines is 1. The van der Waals surface area contributed by atoms with Gasteiger partial charge in [-0.15, -0.1) is 0 Å². The fourth-order valence-electron chi connectivity index (χ4n) is 1.58. The minimum atomic E-state index is 0.687. The highest BCUT2D eigenvalue weighted by atomic mass is 16.5. The van der Waals surface area contributed by atoms with Crippen LogP contribution in [0.2, 0.25) is 0 Å². The Morgan fingerprint density at radius 1 is 1.22 bits per heavy atom. The zero-order chi connectivity index (χ0) is 13.2. The molecule has 0 saturated carbocycles. The Bertz CT molecular complexity index is 326. The number of hydrogen-bond donors (Lipinski definition) is 2. The van der Waals surface area contributed by atoms with Crippen LogP contribution in [-0.2, 0) is 0 Å². The van der Waals surface area contributed by atoms with Gasteiger partial charge in [0.05, 0.1) is 6.61 Å². The standard InChI is InChI=1S/C15H26N2O/c1-4-16-9-10-17-14-6-5-7-15(12-14)18-11-8-13(2)3/h5-7,12-13,16-17H,4,8-11H2,1-3H3. The van der Waals surface area contributed by atoms with E-state index in [0.717, 1.165) is 44.1 Å². The van der Waals surface area contributed by atoms with Crippen LogP contribution < -0.4 is 15.4 Å². The SMILES string of the molecule is CCNCCNc1cccc(OCCC(C)C)c1. The van der Waals surface area contributed by atoms with Crippen LogP contribution in [0.15, 0.2) is 24.3 Å². The van der Waals surface area contributed by atoms with Crippen molar-refractivity contribution in [2.24, 2.45) is 5.92 Å². The van der Waals surface area contributed by atoms with Crippen LogP contribution in [0.4, 0.5) is 5.69 Å². The summed E-state index contributed by atoms with van der Waals surface area (Å²) in [6, 6.07) is 8.17. The Hall–Kier alpha value is -1.22. The van der Waals surface area contributed by atoms with Crippen LogP contribution in [0.1, 0.15) is 27.2 Å². The Morgan fingerprint density at radius 3 is 2.78 bits per heavy atom. The lowest BCUT2D eigenvalue weighted by Gasteiger charge is -2.11. The molecule has 0 aliphatic rings. The second-order valence-corrected chi connectivity index (χ2v) is 4.84. The van der Waals surface area contributed by atoms with Gasteiger partial charge in [-0.1, -0.05) is 26.8 Å². The summed E-state index contributed by atoms with van der Waals surface area (Å²) in [7, 11) is 0. The molecular weight excluding hydrogens is 224 g/mol. The second-order valence-electron chi connectivity index (χ2n) is 4.84. The van der Waals surface area contributed by atoms with E-state index in [2.05, 4.69) is 43.5 Å². The Morgan fingerprint density at radius 2 is 2.06 bits per heavy atom. The zero-order valence-corrected chi connectivity index (χ0v) is 11.8. The topological polar surface area (TPSA) is 33.3 Å². The van der Waals surface area contributed by atoms with E-state index in [1.807, 2.05) is 12.1 Å². The van der Waals surface area contributed by atoms with E-state index in [1.165, 1.54) is 0 Å². The Kier molecular flexibility index (Phi) is 7.26. The van der Waals surface area contributed by atoms with Gasteiger partial charge in [0.2, 0.25) is 0 Å². The third-order valence-corrected chi connectivity index (χ3v) is 2.68. The molecule has 0 fully saturated rings. The average Bonchev–Trinajstić information content (AvgIpc) is 2.35. The number of benzene rings is 1. The van der Waals surface area contributed by atoms with Gasteiger partial charge in [0, 0.05) is 24.8 Å². The minimum Gasteiger partial charge on any atom is -0.494 e. The fraction of sp³-hybridized carbons (Fsp3) is 0.600. The first-order valence-corrected chi connectivity index (χ1v) is 6.89. The van der Waals surface area contributed by atoms with Crippen LogP contribution in [0.25, 0.3) is 0 Å². The van der Waals surface area contributed by atoms with Crippen molar-refractivity contribution in [1.82, 2.24) is 5.32 Å². The highest BCUT2D eigenvalue weighted by molar-refractivity contribution is 5.48. The second kappa shape index (κ2) is 8.81. The molecule has 0 atom stereocenters. The molecule has 0 heterocycles. The van der Waals surface area contributed by atoms with Crippen molar-refractivity contribution in [2.45, 2.75) is 27.2 Å². The summed E-state index contributed by atoms with van der Waals surface area (Å²) in [6.07, 6.45) is 1.10. The third kappa shape index (κ3) is 6.50. The molecule has 0 aliphatic heterocycles. The van der Waals surface area contributed by atoms with Crippen molar-refractivity contribution < 1.29 is 4.74 Å². The number of hydrogen-bond acceptors (Lipinski definition) is 3. The largest absolute Gasteiger partial charge is 0.494 e. The Labute approximate surface area is 111 Å². The summed E-state index contributed by atoms with van der Waals surface area (Å²) in [4.78, 5) is 0. The van der Waals surface area contributed by atoms with Crippen molar-refractivity contribution in [3.63, 3.8) is 0 Å². The van der Waals surface area contributed by atoms with Crippen molar-refractivity contribution in [2.75, 3.05) is 31.6 Å². The van der Waals surface area contributed by atoms with Gasteiger partial charge >= 0.3 is 0 Å². The fourth-order valence-corrected chi connectivity index (χ4v) is 1.58. The van der Waals surface area contributed by atoms with Crippen LogP contribution in [0.5, 0.6) is 5.75 Å². The molecule has 1 aromatic rings. The van der Waals surface area contributed by atoms with Crippen molar-refractivity contribution in [1.29, 1.82) is 0 Å². The quantitative estimate of drug-likeness (QED) is 0.661. The molecule has 0 saturated heterocycles. The molecule has 0 bridgehead atoms. The van der Waals surface area contributed by atoms with Crippen LogP contribution >= 0.6 is 0 Å². The maximum Gasteiger partial charge on any atom is 0.121 e. The molecular formula is C15H26N2O. The summed E-state index contributed by atoms with van der Waals surface area (Å²) in [5, 5.41) is 6.66. The van der Waals surface area contributed by atoms with E-state index < -0.39 is 0 Å². The van der Waals surface area contributed by atoms with Gasteiger partial charge in [-0.25, -0.2) is 0 Å². The Balaban J connectivity index is 2.32. The molecule has 0 radical (unpaired) electrons. The first-order chi connectivity index (χ1) is 8.72. The minimum absolute atomic E-state index is 0.687. The lowest BCUT2D eigenvalue weighted by Crippen LogP contribution is -2.21. The molecule has 18 heavy (non-hydrogen) atoms. The van der Waals surface area contributed by atoms with E-state index in [9.17, 15) is 0 Å². The first kappa shape index (κ1) is 14.8. The van der Waals surface area contributed by atoms with Crippen molar-refractivity contribution in [3.8, 4) is 5.75 Å². The van der Waals surface area contributed by atoms with E-state index >= 15 is 0 Å². The number of likely N-dealkylation sites (N-methyl/N-ethyl adjacent to an activating group) is 1. The van der Waals surface area contributed by atoms with E-state index in [-0.39, 0.29) is 0 Å². The maximum absolute atomic E-state index is 5.73. The van der Waals surface area contributed by atoms with Crippen molar-refractivity contribution >= 4 is 5.69 Å². The van der Waals surface area contributed by atoms with Gasteiger partial charge in [0.1, 0.15) is 5.75 Å². The van der Waals surface area contributed by atoms with Gasteiger partial charge < -0.3 is 15.4 Å². The predicted molar refractivity (Wildman–Crippen MR) is 78.4 cm³/mol. The number of rotatable bonds is 9. The first-order valence-electron chi connectivity index (χ1n) is 6.89. The third-order valence-electron chi connectivity index (χ3n) is 2.68. The zero-order valence-electron chi connectivity index (χ0n) is 11.8. The summed E-state index contributed by atoms with van der Waals surface area (Å²) >= 11 is 0. The van der Waals surface area contributed by atoms with Gasteiger partial charge in [-0.3, -0.25) is 0 Å². The summed E-state index contributed by atoms with van der Waals surface area (Å²) in [5.41, 5.74) is 1.12. The highest BCUT2D eigenvalue weighted by Gasteiger charge is 1.98. The molecule has 0 aromatic heterocycles. The van der Waals surface area contributed by atoms with Gasteiger partial charge in [-0.05, 0) is 31.0 Å². The smallest absolute Gasteiger partial charge is 0.121 e. The van der Waals surface area contributed by atoms with Crippen LogP contribution in [-0.4, -0.2) is 26.2 Å². The molecule has 3 heteroatoms. The van der Waals surface area contributed by atoms with E-state index in [1.54, 1.807) is 0 Å². The van der Waals surface area contributed by atoms with Crippen LogP contribution in [0, 0.1) is 5.92 Å². The molecule has 0 amide bonds. The van der Waals surface area contributed by atoms with Crippen LogP contribution in [0.3, 0.4) is 0 Å². The summed E-state index contributed by atoms with van der Waals surface area (Å²) < 4.78 is 5.73. The molecule has 1 rings (SSSR count). The molecule has 0 unspecified atom stereocenters. The lowest BCUT2D eigenvalue weighted by molar-refractivity contribution is 0.289. The number of ether oxygens (including phenoxy) is 1. The number of nitrogens with one attached hydrogen (secondary N) is 2. The van der Waals surface area contributed by atoms with Gasteiger partial charge in [0.15, 0.2) is 0 Å². The van der Waals surface area contributed by atoms with Gasteiger partial charge in [-0.2, -0.15) is 0 Å². The molecule has 2 N–H and O–H groups in total. The molecule has 3 nitrogen and oxygen atoms in total. The monoisotopic (exact) mass is 250 g/mol. The van der Waals surface area contributed by atoms with E-state index in [0.29, 0.717) is 5.92 Å². The molecule has 1 aromatic carbocycles. The summed E-state index contributed by atoms with van der Waals surface area (Å²) in [5.74, 6) is 1.63. The normalized spacial score (nSPS) is 10.7. The molecule has 102 valence electrons. The summed E-state index contributed by atoms with van der Waals surface area (Å²) in [6.45, 7) is 10.3. The van der Waals surface area contributed by atoms with E-state index in [4.69, 9.17) is 4.74 Å². The average molecular weight is 250 g/mol. The maximum atomic E-state index is 5.73. The van der Waals surface area contributed by atoms with Crippen molar-refractivity contribution in [3.05, 3.63) is 24.3 Å². The predicted octanol–water partition coefficient (Wildman–Crippen LogP) is 3.13. The van der Waals surface area contributed by atoms with Gasteiger partial charge in [0.25, 0.3) is 0 Å². The molecule has 0 aliphatic carbocycles.